The van der Waals surface area contributed by atoms with Gasteiger partial charge in [-0.15, -0.1) is 0 Å². The zero-order chi connectivity index (χ0) is 22.5. The second-order valence-electron chi connectivity index (χ2n) is 7.31. The van der Waals surface area contributed by atoms with Gasteiger partial charge in [-0.2, -0.15) is 5.10 Å². The number of benzene rings is 3. The highest BCUT2D eigenvalue weighted by molar-refractivity contribution is 6.07. The van der Waals surface area contributed by atoms with Crippen molar-refractivity contribution < 1.29 is 9.59 Å². The normalized spacial score (nSPS) is 10.6. The van der Waals surface area contributed by atoms with Gasteiger partial charge in [0.2, 0.25) is 0 Å². The van der Waals surface area contributed by atoms with Crippen LogP contribution in [0.25, 0.3) is 5.69 Å². The summed E-state index contributed by atoms with van der Waals surface area (Å²) >= 11 is 0. The maximum absolute atomic E-state index is 13.1. The van der Waals surface area contributed by atoms with Gasteiger partial charge in [-0.05, 0) is 61.0 Å². The zero-order valence-corrected chi connectivity index (χ0v) is 17.6. The zero-order valence-electron chi connectivity index (χ0n) is 17.6. The number of nitrogens with one attached hydrogen (secondary N) is 2. The molecule has 0 spiro atoms. The average molecular weight is 425 g/mol. The van der Waals surface area contributed by atoms with E-state index in [1.165, 1.54) is 0 Å². The third-order valence-corrected chi connectivity index (χ3v) is 4.87. The molecule has 160 valence electrons. The Bertz CT molecular complexity index is 1260. The monoisotopic (exact) mass is 425 g/mol. The molecule has 7 heteroatoms. The second-order valence-corrected chi connectivity index (χ2v) is 7.31. The Morgan fingerprint density at radius 2 is 1.56 bits per heavy atom. The van der Waals surface area contributed by atoms with E-state index < -0.39 is 0 Å². The summed E-state index contributed by atoms with van der Waals surface area (Å²) in [5.74, 6) is -0.587. The minimum Gasteiger partial charge on any atom is -0.326 e. The van der Waals surface area contributed by atoms with E-state index in [0.29, 0.717) is 34.9 Å². The third-order valence-electron chi connectivity index (χ3n) is 4.87. The smallest absolute Gasteiger partial charge is 0.274 e. The van der Waals surface area contributed by atoms with Crippen LogP contribution in [0.1, 0.15) is 32.1 Å². The van der Waals surface area contributed by atoms with Gasteiger partial charge in [-0.1, -0.05) is 36.4 Å². The van der Waals surface area contributed by atoms with E-state index in [4.69, 9.17) is 5.73 Å². The van der Waals surface area contributed by atoms with E-state index in [1.54, 1.807) is 35.0 Å². The van der Waals surface area contributed by atoms with Gasteiger partial charge >= 0.3 is 0 Å². The molecular weight excluding hydrogens is 402 g/mol. The van der Waals surface area contributed by atoms with E-state index >= 15 is 0 Å². The number of anilines is 2. The highest BCUT2D eigenvalue weighted by Gasteiger charge is 2.16. The first-order valence-corrected chi connectivity index (χ1v) is 10.2. The summed E-state index contributed by atoms with van der Waals surface area (Å²) in [4.78, 5) is 25.6. The SMILES string of the molecule is Cc1cc(C(=O)Nc2cccc(C(=O)Nc3ccccc3)c2)n(-c2cccc(CN)c2)n1. The Balaban J connectivity index is 1.55. The van der Waals surface area contributed by atoms with Crippen molar-refractivity contribution in [2.75, 3.05) is 10.6 Å². The lowest BCUT2D eigenvalue weighted by Gasteiger charge is -2.11. The van der Waals surface area contributed by atoms with Crippen LogP contribution >= 0.6 is 0 Å². The Kier molecular flexibility index (Phi) is 6.10. The number of amides is 2. The van der Waals surface area contributed by atoms with Gasteiger partial charge in [0.05, 0.1) is 11.4 Å². The van der Waals surface area contributed by atoms with E-state index in [0.717, 1.165) is 11.3 Å². The fraction of sp³-hybridized carbons (Fsp3) is 0.0800. The maximum atomic E-state index is 13.1. The summed E-state index contributed by atoms with van der Waals surface area (Å²) in [6.07, 6.45) is 0. The third kappa shape index (κ3) is 4.74. The molecule has 0 aliphatic carbocycles. The highest BCUT2D eigenvalue weighted by Crippen LogP contribution is 2.18. The van der Waals surface area contributed by atoms with Crippen LogP contribution in [0.2, 0.25) is 0 Å². The molecule has 0 atom stereocenters. The fourth-order valence-corrected chi connectivity index (χ4v) is 3.33. The molecule has 0 saturated carbocycles. The van der Waals surface area contributed by atoms with Crippen LogP contribution in [0.3, 0.4) is 0 Å². The molecule has 1 heterocycles. The van der Waals surface area contributed by atoms with Crippen molar-refractivity contribution >= 4 is 23.2 Å². The number of carbonyl (C=O) groups is 2. The first-order valence-electron chi connectivity index (χ1n) is 10.2. The molecule has 4 aromatic rings. The lowest BCUT2D eigenvalue weighted by atomic mass is 10.1. The summed E-state index contributed by atoms with van der Waals surface area (Å²) < 4.78 is 1.59. The van der Waals surface area contributed by atoms with Gasteiger partial charge < -0.3 is 16.4 Å². The number of para-hydroxylation sites is 1. The molecule has 0 radical (unpaired) electrons. The van der Waals surface area contributed by atoms with Crippen molar-refractivity contribution in [2.45, 2.75) is 13.5 Å². The topological polar surface area (TPSA) is 102 Å². The number of aromatic nitrogens is 2. The van der Waals surface area contributed by atoms with Crippen molar-refractivity contribution in [1.29, 1.82) is 0 Å². The Labute approximate surface area is 185 Å². The first kappa shape index (κ1) is 21.0. The second kappa shape index (κ2) is 9.28. The van der Waals surface area contributed by atoms with Crippen molar-refractivity contribution in [3.63, 3.8) is 0 Å². The van der Waals surface area contributed by atoms with E-state index in [-0.39, 0.29) is 11.8 Å². The van der Waals surface area contributed by atoms with Crippen molar-refractivity contribution in [1.82, 2.24) is 9.78 Å². The minimum atomic E-state index is -0.329. The molecular formula is C25H23N5O2. The minimum absolute atomic E-state index is 0.258. The largest absolute Gasteiger partial charge is 0.326 e. The number of aryl methyl sites for hydroxylation is 1. The molecule has 4 rings (SSSR count). The molecule has 0 bridgehead atoms. The van der Waals surface area contributed by atoms with E-state index in [2.05, 4.69) is 15.7 Å². The molecule has 32 heavy (non-hydrogen) atoms. The summed E-state index contributed by atoms with van der Waals surface area (Å²) in [5.41, 5.74) is 10.2. The van der Waals surface area contributed by atoms with Gasteiger partial charge in [-0.25, -0.2) is 4.68 Å². The van der Waals surface area contributed by atoms with Crippen LogP contribution in [0, 0.1) is 6.92 Å². The summed E-state index contributed by atoms with van der Waals surface area (Å²) in [6, 6.07) is 25.3. The Morgan fingerprint density at radius 1 is 0.844 bits per heavy atom. The van der Waals surface area contributed by atoms with Gasteiger partial charge in [-0.3, -0.25) is 9.59 Å². The number of nitrogens with two attached hydrogens (primary N) is 1. The Morgan fingerprint density at radius 3 is 2.34 bits per heavy atom. The lowest BCUT2D eigenvalue weighted by molar-refractivity contribution is 0.101. The molecule has 0 aliphatic heterocycles. The van der Waals surface area contributed by atoms with Gasteiger partial charge in [0.15, 0.2) is 0 Å². The van der Waals surface area contributed by atoms with Crippen molar-refractivity contribution in [3.8, 4) is 5.69 Å². The Hall–Kier alpha value is -4.23. The summed E-state index contributed by atoms with van der Waals surface area (Å²) in [6.45, 7) is 2.22. The van der Waals surface area contributed by atoms with Crippen molar-refractivity contribution in [3.05, 3.63) is 107 Å². The maximum Gasteiger partial charge on any atom is 0.274 e. The van der Waals surface area contributed by atoms with E-state index in [9.17, 15) is 9.59 Å². The standard InChI is InChI=1S/C25H23N5O2/c1-17-13-23(30(29-17)22-12-5-7-18(14-22)16-26)25(32)28-21-11-6-8-19(15-21)24(31)27-20-9-3-2-4-10-20/h2-15H,16,26H2,1H3,(H,27,31)(H,28,32). The molecule has 3 aromatic carbocycles. The first-order chi connectivity index (χ1) is 15.5. The van der Waals surface area contributed by atoms with Crippen LogP contribution in [0.15, 0.2) is 84.9 Å². The molecule has 7 nitrogen and oxygen atoms in total. The number of carbonyl (C=O) groups excluding carboxylic acids is 2. The molecule has 0 fully saturated rings. The molecule has 1 aromatic heterocycles. The predicted octanol–water partition coefficient (Wildman–Crippen LogP) is 4.14. The van der Waals surface area contributed by atoms with Crippen LogP contribution < -0.4 is 16.4 Å². The average Bonchev–Trinajstić information content (AvgIpc) is 3.22. The van der Waals surface area contributed by atoms with Crippen LogP contribution in [-0.4, -0.2) is 21.6 Å². The summed E-state index contributed by atoms with van der Waals surface area (Å²) in [7, 11) is 0. The number of nitrogens with zero attached hydrogens (tertiary/aromatic N) is 2. The number of hydrogen-bond acceptors (Lipinski definition) is 4. The van der Waals surface area contributed by atoms with Crippen molar-refractivity contribution in [2.24, 2.45) is 5.73 Å². The molecule has 0 aliphatic rings. The molecule has 2 amide bonds. The van der Waals surface area contributed by atoms with Gasteiger partial charge in [0.1, 0.15) is 5.69 Å². The van der Waals surface area contributed by atoms with Crippen LogP contribution in [0.4, 0.5) is 11.4 Å². The molecule has 0 saturated heterocycles. The predicted molar refractivity (Wildman–Crippen MR) is 125 cm³/mol. The van der Waals surface area contributed by atoms with Crippen LogP contribution in [0.5, 0.6) is 0 Å². The van der Waals surface area contributed by atoms with Gasteiger partial charge in [0.25, 0.3) is 11.8 Å². The van der Waals surface area contributed by atoms with E-state index in [1.807, 2.05) is 61.5 Å². The molecule has 0 unspecified atom stereocenters. The quantitative estimate of drug-likeness (QED) is 0.432. The molecule has 4 N–H and O–H groups in total. The highest BCUT2D eigenvalue weighted by atomic mass is 16.2. The van der Waals surface area contributed by atoms with Crippen LogP contribution in [-0.2, 0) is 6.54 Å². The fourth-order valence-electron chi connectivity index (χ4n) is 3.33. The number of rotatable bonds is 6. The van der Waals surface area contributed by atoms with Gasteiger partial charge in [0, 0.05) is 23.5 Å². The lowest BCUT2D eigenvalue weighted by Crippen LogP contribution is -2.18. The summed E-state index contributed by atoms with van der Waals surface area (Å²) in [5, 5.41) is 10.2. The number of hydrogen-bond donors (Lipinski definition) is 3.